The van der Waals surface area contributed by atoms with Gasteiger partial charge in [-0.15, -0.1) is 11.3 Å². The number of aromatic nitrogens is 2. The number of piperazine rings is 1. The van der Waals surface area contributed by atoms with Crippen LogP contribution in [0.15, 0.2) is 29.5 Å². The normalized spacial score (nSPS) is 19.6. The molecule has 36 heavy (non-hydrogen) atoms. The van der Waals surface area contributed by atoms with Crippen LogP contribution in [0.25, 0.3) is 10.2 Å². The molecule has 9 heteroatoms. The lowest BCUT2D eigenvalue weighted by atomic mass is 9.86. The summed E-state index contributed by atoms with van der Waals surface area (Å²) in [7, 11) is 4.22. The van der Waals surface area contributed by atoms with E-state index in [0.29, 0.717) is 5.91 Å². The van der Waals surface area contributed by atoms with E-state index >= 15 is 0 Å². The first kappa shape index (κ1) is 23.5. The molecule has 0 spiro atoms. The molecule has 1 unspecified atom stereocenters. The number of amides is 1. The van der Waals surface area contributed by atoms with Crippen molar-refractivity contribution in [3.63, 3.8) is 0 Å². The summed E-state index contributed by atoms with van der Waals surface area (Å²) >= 11 is 1.73. The summed E-state index contributed by atoms with van der Waals surface area (Å²) in [5.41, 5.74) is 4.75. The molecule has 3 aliphatic rings. The van der Waals surface area contributed by atoms with Gasteiger partial charge in [0, 0.05) is 62.0 Å². The number of anilines is 2. The summed E-state index contributed by atoms with van der Waals surface area (Å²) < 4.78 is 0. The van der Waals surface area contributed by atoms with Crippen molar-refractivity contribution >= 4 is 45.2 Å². The van der Waals surface area contributed by atoms with Gasteiger partial charge < -0.3 is 15.1 Å². The van der Waals surface area contributed by atoms with Gasteiger partial charge in [0.2, 0.25) is 5.91 Å². The van der Waals surface area contributed by atoms with Gasteiger partial charge in [0.25, 0.3) is 0 Å². The standard InChI is InChI=1S/C27H33N7OS/c1-32(2)7-8-33-9-11-34(12-10-33)27(35)18-4-6-22-23(14-18)36-26-24(22)25(29-17-30-26)31-21-5-3-19-15-28-16-20(19)13-21/h3,5,13,16-18H,4,6-12,14-15H2,1-2H3,(H,29,30,31). The maximum atomic E-state index is 13.4. The highest BCUT2D eigenvalue weighted by molar-refractivity contribution is 7.19. The lowest BCUT2D eigenvalue weighted by Gasteiger charge is -2.37. The number of thiophene rings is 1. The van der Waals surface area contributed by atoms with E-state index in [9.17, 15) is 4.79 Å². The largest absolute Gasteiger partial charge is 0.340 e. The fourth-order valence-corrected chi connectivity index (χ4v) is 6.79. The Kier molecular flexibility index (Phi) is 6.45. The van der Waals surface area contributed by atoms with E-state index in [1.807, 2.05) is 6.21 Å². The second-order valence-corrected chi connectivity index (χ2v) is 11.4. The second-order valence-electron chi connectivity index (χ2n) is 10.3. The average Bonchev–Trinajstić information content (AvgIpc) is 3.51. The molecule has 1 aliphatic carbocycles. The second kappa shape index (κ2) is 9.88. The van der Waals surface area contributed by atoms with E-state index in [1.165, 1.54) is 16.0 Å². The van der Waals surface area contributed by atoms with Crippen LogP contribution in [0.1, 0.15) is 28.0 Å². The van der Waals surface area contributed by atoms with Crippen LogP contribution in [0.5, 0.6) is 0 Å². The summed E-state index contributed by atoms with van der Waals surface area (Å²) in [6, 6.07) is 6.35. The van der Waals surface area contributed by atoms with E-state index in [4.69, 9.17) is 0 Å². The molecule has 1 aromatic carbocycles. The highest BCUT2D eigenvalue weighted by atomic mass is 32.1. The van der Waals surface area contributed by atoms with Crippen molar-refractivity contribution in [2.45, 2.75) is 25.8 Å². The third kappa shape index (κ3) is 4.63. The molecule has 1 amide bonds. The minimum atomic E-state index is 0.0688. The van der Waals surface area contributed by atoms with Gasteiger partial charge >= 0.3 is 0 Å². The molecule has 1 fully saturated rings. The minimum absolute atomic E-state index is 0.0688. The Morgan fingerprint density at radius 3 is 2.89 bits per heavy atom. The van der Waals surface area contributed by atoms with Crippen LogP contribution < -0.4 is 5.32 Å². The van der Waals surface area contributed by atoms with Gasteiger partial charge in [-0.05, 0) is 62.2 Å². The van der Waals surface area contributed by atoms with Crippen molar-refractivity contribution in [3.8, 4) is 0 Å². The monoisotopic (exact) mass is 503 g/mol. The Hall–Kier alpha value is -2.88. The zero-order chi connectivity index (χ0) is 24.6. The van der Waals surface area contributed by atoms with E-state index in [1.54, 1.807) is 17.7 Å². The van der Waals surface area contributed by atoms with Crippen molar-refractivity contribution in [3.05, 3.63) is 46.1 Å². The van der Waals surface area contributed by atoms with Crippen molar-refractivity contribution in [2.75, 3.05) is 58.7 Å². The van der Waals surface area contributed by atoms with Crippen molar-refractivity contribution < 1.29 is 4.79 Å². The predicted octanol–water partition coefficient (Wildman–Crippen LogP) is 3.18. The van der Waals surface area contributed by atoms with Crippen LogP contribution in [0.2, 0.25) is 0 Å². The van der Waals surface area contributed by atoms with Crippen LogP contribution in [-0.2, 0) is 24.2 Å². The zero-order valence-corrected chi connectivity index (χ0v) is 21.9. The van der Waals surface area contributed by atoms with Gasteiger partial charge in [0.05, 0.1) is 11.9 Å². The third-order valence-corrected chi connectivity index (χ3v) is 8.80. The van der Waals surface area contributed by atoms with E-state index in [0.717, 1.165) is 92.4 Å². The molecule has 1 saturated heterocycles. The molecule has 1 atom stereocenters. The molecule has 3 aromatic rings. The molecular formula is C27H33N7OS. The highest BCUT2D eigenvalue weighted by Gasteiger charge is 2.32. The van der Waals surface area contributed by atoms with E-state index in [-0.39, 0.29) is 5.92 Å². The summed E-state index contributed by atoms with van der Waals surface area (Å²) in [5, 5.41) is 4.65. The summed E-state index contributed by atoms with van der Waals surface area (Å²) in [6.45, 7) is 6.52. The van der Waals surface area contributed by atoms with Gasteiger partial charge in [-0.25, -0.2) is 9.97 Å². The molecule has 0 saturated carbocycles. The van der Waals surface area contributed by atoms with Crippen LogP contribution in [-0.4, -0.2) is 90.2 Å². The number of hydrogen-bond donors (Lipinski definition) is 1. The lowest BCUT2D eigenvalue weighted by Crippen LogP contribution is -2.51. The molecular weight excluding hydrogens is 470 g/mol. The first-order valence-corrected chi connectivity index (χ1v) is 13.7. The fraction of sp³-hybridized carbons (Fsp3) is 0.481. The minimum Gasteiger partial charge on any atom is -0.340 e. The molecule has 8 nitrogen and oxygen atoms in total. The highest BCUT2D eigenvalue weighted by Crippen LogP contribution is 2.41. The first-order chi connectivity index (χ1) is 17.5. The number of rotatable bonds is 6. The first-order valence-electron chi connectivity index (χ1n) is 12.9. The van der Waals surface area contributed by atoms with Crippen LogP contribution in [0.3, 0.4) is 0 Å². The van der Waals surface area contributed by atoms with Gasteiger partial charge in [-0.1, -0.05) is 6.07 Å². The van der Waals surface area contributed by atoms with Gasteiger partial charge in [0.15, 0.2) is 0 Å². The zero-order valence-electron chi connectivity index (χ0n) is 21.0. The third-order valence-electron chi connectivity index (χ3n) is 7.64. The number of carbonyl (C=O) groups excluding carboxylic acids is 1. The summed E-state index contributed by atoms with van der Waals surface area (Å²) in [5.74, 6) is 1.25. The van der Waals surface area contributed by atoms with Crippen molar-refractivity contribution in [1.29, 1.82) is 0 Å². The Morgan fingerprint density at radius 2 is 2.06 bits per heavy atom. The number of hydrogen-bond acceptors (Lipinski definition) is 8. The SMILES string of the molecule is CN(C)CCN1CCN(C(=O)C2CCc3c(sc4ncnc(Nc5ccc6c(c5)C=NC6)c34)C2)CC1. The smallest absolute Gasteiger partial charge is 0.226 e. The van der Waals surface area contributed by atoms with Crippen LogP contribution in [0.4, 0.5) is 11.5 Å². The number of aryl methyl sites for hydroxylation is 1. The predicted molar refractivity (Wildman–Crippen MR) is 146 cm³/mol. The molecule has 6 rings (SSSR count). The van der Waals surface area contributed by atoms with Gasteiger partial charge in [-0.3, -0.25) is 14.7 Å². The quantitative estimate of drug-likeness (QED) is 0.557. The van der Waals surface area contributed by atoms with E-state index < -0.39 is 0 Å². The molecule has 0 radical (unpaired) electrons. The molecule has 2 aliphatic heterocycles. The topological polar surface area (TPSA) is 77.0 Å². The lowest BCUT2D eigenvalue weighted by molar-refractivity contribution is -0.137. The molecule has 0 bridgehead atoms. The molecule has 2 aromatic heterocycles. The molecule has 4 heterocycles. The number of aliphatic imine (C=N–C) groups is 1. The number of likely N-dealkylation sites (N-methyl/N-ethyl adjacent to an activating group) is 1. The molecule has 188 valence electrons. The number of carbonyl (C=O) groups is 1. The number of fused-ring (bicyclic) bond motifs is 4. The average molecular weight is 504 g/mol. The molecule has 1 N–H and O–H groups in total. The number of benzene rings is 1. The Balaban J connectivity index is 1.15. The van der Waals surface area contributed by atoms with Crippen molar-refractivity contribution in [2.24, 2.45) is 10.9 Å². The Bertz CT molecular complexity index is 1310. The number of nitrogens with zero attached hydrogens (tertiary/aromatic N) is 6. The Morgan fingerprint density at radius 1 is 1.19 bits per heavy atom. The number of nitrogens with one attached hydrogen (secondary N) is 1. The van der Waals surface area contributed by atoms with Crippen LogP contribution in [0, 0.1) is 5.92 Å². The van der Waals surface area contributed by atoms with E-state index in [2.05, 4.69) is 67.3 Å². The Labute approximate surface area is 216 Å². The van der Waals surface area contributed by atoms with Gasteiger partial charge in [-0.2, -0.15) is 0 Å². The maximum Gasteiger partial charge on any atom is 0.226 e. The maximum absolute atomic E-state index is 13.4. The van der Waals surface area contributed by atoms with Crippen LogP contribution >= 0.6 is 11.3 Å². The fourth-order valence-electron chi connectivity index (χ4n) is 5.52. The summed E-state index contributed by atoms with van der Waals surface area (Å²) in [4.78, 5) is 36.0. The summed E-state index contributed by atoms with van der Waals surface area (Å²) in [6.07, 6.45) is 6.17. The van der Waals surface area contributed by atoms with Gasteiger partial charge in [0.1, 0.15) is 17.0 Å². The van der Waals surface area contributed by atoms with Crippen molar-refractivity contribution in [1.82, 2.24) is 24.7 Å².